The Bertz CT molecular complexity index is 819. The van der Waals surface area contributed by atoms with Crippen LogP contribution in [0.5, 0.6) is 0 Å². The highest BCUT2D eigenvalue weighted by Gasteiger charge is 2.05. The van der Waals surface area contributed by atoms with E-state index in [0.717, 1.165) is 11.1 Å². The molecule has 1 aromatic carbocycles. The molecule has 0 unspecified atom stereocenters. The second kappa shape index (κ2) is 6.01. The smallest absolute Gasteiger partial charge is 0.223 e. The third-order valence-electron chi connectivity index (χ3n) is 2.99. The van der Waals surface area contributed by atoms with Crippen molar-refractivity contribution in [2.45, 2.75) is 13.5 Å². The lowest BCUT2D eigenvalue weighted by molar-refractivity contribution is 0.394. The summed E-state index contributed by atoms with van der Waals surface area (Å²) in [4.78, 5) is 12.1. The van der Waals surface area contributed by atoms with E-state index in [0.29, 0.717) is 29.8 Å². The van der Waals surface area contributed by atoms with Gasteiger partial charge >= 0.3 is 0 Å². The predicted octanol–water partition coefficient (Wildman–Crippen LogP) is 2.32. The second-order valence-electron chi connectivity index (χ2n) is 4.59. The van der Waals surface area contributed by atoms with Crippen LogP contribution < -0.4 is 5.32 Å². The van der Waals surface area contributed by atoms with E-state index in [1.807, 2.05) is 30.3 Å². The molecule has 7 heteroatoms. The van der Waals surface area contributed by atoms with Gasteiger partial charge in [0.25, 0.3) is 0 Å². The number of anilines is 1. The van der Waals surface area contributed by atoms with Crippen LogP contribution in [-0.2, 0) is 6.54 Å². The van der Waals surface area contributed by atoms with Gasteiger partial charge in [-0.05, 0) is 5.56 Å². The Labute approximate surface area is 126 Å². The third-order valence-corrected chi connectivity index (χ3v) is 2.99. The average molecular weight is 292 g/mol. The minimum atomic E-state index is 0.334. The predicted molar refractivity (Wildman–Crippen MR) is 78.5 cm³/mol. The minimum Gasteiger partial charge on any atom is -0.366 e. The first-order valence-electron chi connectivity index (χ1n) is 6.60. The van der Waals surface area contributed by atoms with Gasteiger partial charge in [0.2, 0.25) is 11.7 Å². The molecule has 2 heterocycles. The number of hydrogen-bond acceptors (Lipinski definition) is 7. The molecular weight excluding hydrogens is 280 g/mol. The largest absolute Gasteiger partial charge is 0.366 e. The first kappa shape index (κ1) is 13.7. The third kappa shape index (κ3) is 3.07. The number of nitrogens with one attached hydrogen (secondary N) is 1. The highest BCUT2D eigenvalue weighted by Crippen LogP contribution is 2.17. The topological polar surface area (TPSA) is 101 Å². The molecule has 22 heavy (non-hydrogen) atoms. The van der Waals surface area contributed by atoms with Gasteiger partial charge in [-0.2, -0.15) is 10.2 Å². The Morgan fingerprint density at radius 2 is 2.05 bits per heavy atom. The van der Waals surface area contributed by atoms with Crippen molar-refractivity contribution in [3.63, 3.8) is 0 Å². The van der Waals surface area contributed by atoms with Gasteiger partial charge in [0.1, 0.15) is 23.9 Å². The molecule has 0 spiro atoms. The van der Waals surface area contributed by atoms with Crippen molar-refractivity contribution in [3.8, 4) is 17.5 Å². The zero-order chi connectivity index (χ0) is 15.4. The number of benzene rings is 1. The summed E-state index contributed by atoms with van der Waals surface area (Å²) in [5, 5.41) is 15.8. The van der Waals surface area contributed by atoms with Crippen LogP contribution in [0.15, 0.2) is 41.2 Å². The summed E-state index contributed by atoms with van der Waals surface area (Å²) in [6.07, 6.45) is 1.36. The van der Waals surface area contributed by atoms with Gasteiger partial charge in [-0.15, -0.1) is 0 Å². The van der Waals surface area contributed by atoms with Gasteiger partial charge in [0.05, 0.1) is 0 Å². The van der Waals surface area contributed by atoms with E-state index >= 15 is 0 Å². The molecule has 2 aromatic heterocycles. The van der Waals surface area contributed by atoms with Crippen molar-refractivity contribution in [2.75, 3.05) is 5.32 Å². The fraction of sp³-hybridized carbons (Fsp3) is 0.133. The molecule has 1 N–H and O–H groups in total. The van der Waals surface area contributed by atoms with E-state index < -0.39 is 0 Å². The quantitative estimate of drug-likeness (QED) is 0.787. The Balaban J connectivity index is 1.67. The summed E-state index contributed by atoms with van der Waals surface area (Å²) in [5.74, 6) is 1.73. The Morgan fingerprint density at radius 3 is 2.73 bits per heavy atom. The van der Waals surface area contributed by atoms with Crippen LogP contribution in [0.1, 0.15) is 17.1 Å². The van der Waals surface area contributed by atoms with Crippen molar-refractivity contribution >= 4 is 5.82 Å². The fourth-order valence-corrected chi connectivity index (χ4v) is 1.90. The lowest BCUT2D eigenvalue weighted by Crippen LogP contribution is -2.02. The summed E-state index contributed by atoms with van der Waals surface area (Å²) < 4.78 is 4.96. The van der Waals surface area contributed by atoms with Crippen molar-refractivity contribution in [1.82, 2.24) is 20.1 Å². The van der Waals surface area contributed by atoms with E-state index in [1.165, 1.54) is 6.33 Å². The number of nitrogens with zero attached hydrogens (tertiary/aromatic N) is 5. The molecule has 0 aliphatic carbocycles. The average Bonchev–Trinajstić information content (AvgIpc) is 3.00. The molecule has 3 rings (SSSR count). The zero-order valence-corrected chi connectivity index (χ0v) is 11.8. The van der Waals surface area contributed by atoms with E-state index in [2.05, 4.69) is 25.4 Å². The number of rotatable bonds is 4. The van der Waals surface area contributed by atoms with Gasteiger partial charge < -0.3 is 9.84 Å². The van der Waals surface area contributed by atoms with Gasteiger partial charge in [-0.25, -0.2) is 9.97 Å². The van der Waals surface area contributed by atoms with Gasteiger partial charge in [-0.1, -0.05) is 29.4 Å². The van der Waals surface area contributed by atoms with Gasteiger partial charge in [0, 0.05) is 25.1 Å². The van der Waals surface area contributed by atoms with Crippen LogP contribution in [0, 0.1) is 18.3 Å². The van der Waals surface area contributed by atoms with Gasteiger partial charge in [0.15, 0.2) is 0 Å². The lowest BCUT2D eigenvalue weighted by atomic mass is 10.1. The summed E-state index contributed by atoms with van der Waals surface area (Å²) in [5.41, 5.74) is 2.30. The highest BCUT2D eigenvalue weighted by molar-refractivity contribution is 5.54. The Kier molecular flexibility index (Phi) is 3.74. The van der Waals surface area contributed by atoms with Gasteiger partial charge in [-0.3, -0.25) is 0 Å². The number of aryl methyl sites for hydroxylation is 1. The minimum absolute atomic E-state index is 0.334. The summed E-state index contributed by atoms with van der Waals surface area (Å²) in [6, 6.07) is 11.4. The Morgan fingerprint density at radius 1 is 1.23 bits per heavy atom. The fourth-order valence-electron chi connectivity index (χ4n) is 1.90. The standard InChI is InChI=1S/C15H12N6O/c1-10-20-15(21-22-10)12-4-2-11(3-5-12)8-17-14-6-13(7-16)18-9-19-14/h2-6,9H,8H2,1H3,(H,17,18,19). The Hall–Kier alpha value is -3.27. The van der Waals surface area contributed by atoms with E-state index in [4.69, 9.17) is 9.78 Å². The van der Waals surface area contributed by atoms with Crippen LogP contribution in [0.4, 0.5) is 5.82 Å². The molecule has 0 saturated carbocycles. The van der Waals surface area contributed by atoms with Crippen molar-refractivity contribution in [3.05, 3.63) is 53.8 Å². The van der Waals surface area contributed by atoms with Crippen LogP contribution in [-0.4, -0.2) is 20.1 Å². The highest BCUT2D eigenvalue weighted by atomic mass is 16.5. The molecule has 3 aromatic rings. The first-order chi connectivity index (χ1) is 10.7. The molecule has 108 valence electrons. The summed E-state index contributed by atoms with van der Waals surface area (Å²) in [7, 11) is 0. The molecule has 0 bridgehead atoms. The number of nitriles is 1. The van der Waals surface area contributed by atoms with Crippen LogP contribution in [0.3, 0.4) is 0 Å². The van der Waals surface area contributed by atoms with Crippen LogP contribution in [0.25, 0.3) is 11.4 Å². The van der Waals surface area contributed by atoms with Crippen molar-refractivity contribution in [1.29, 1.82) is 5.26 Å². The molecular formula is C15H12N6O. The zero-order valence-electron chi connectivity index (χ0n) is 11.8. The molecule has 7 nitrogen and oxygen atoms in total. The maximum atomic E-state index is 8.80. The molecule has 0 radical (unpaired) electrons. The number of aromatic nitrogens is 4. The molecule has 0 aliphatic heterocycles. The molecule has 0 saturated heterocycles. The SMILES string of the molecule is Cc1nc(-c2ccc(CNc3cc(C#N)ncn3)cc2)no1. The maximum absolute atomic E-state index is 8.80. The van der Waals surface area contributed by atoms with Crippen LogP contribution >= 0.6 is 0 Å². The van der Waals surface area contributed by atoms with Crippen molar-refractivity contribution in [2.24, 2.45) is 0 Å². The normalized spacial score (nSPS) is 10.2. The van der Waals surface area contributed by atoms with Crippen LogP contribution in [0.2, 0.25) is 0 Å². The van der Waals surface area contributed by atoms with E-state index in [-0.39, 0.29) is 0 Å². The molecule has 0 fully saturated rings. The summed E-state index contributed by atoms with van der Waals surface area (Å²) >= 11 is 0. The lowest BCUT2D eigenvalue weighted by Gasteiger charge is -2.05. The first-order valence-corrected chi connectivity index (χ1v) is 6.60. The van der Waals surface area contributed by atoms with E-state index in [9.17, 15) is 0 Å². The van der Waals surface area contributed by atoms with E-state index in [1.54, 1.807) is 13.0 Å². The summed E-state index contributed by atoms with van der Waals surface area (Å²) in [6.45, 7) is 2.35. The number of hydrogen-bond donors (Lipinski definition) is 1. The maximum Gasteiger partial charge on any atom is 0.223 e. The van der Waals surface area contributed by atoms with Crippen molar-refractivity contribution < 1.29 is 4.52 Å². The monoisotopic (exact) mass is 292 g/mol. The molecule has 0 aliphatic rings. The molecule has 0 amide bonds. The second-order valence-corrected chi connectivity index (χ2v) is 4.59. The molecule has 0 atom stereocenters.